The predicted octanol–water partition coefficient (Wildman–Crippen LogP) is 0.812. The largest absolute Gasteiger partial charge is 0.505 e. The molecule has 0 bridgehead atoms. The van der Waals surface area contributed by atoms with Crippen molar-refractivity contribution in [3.63, 3.8) is 0 Å². The van der Waals surface area contributed by atoms with E-state index < -0.39 is 23.1 Å². The molecule has 0 radical (unpaired) electrons. The Bertz CT molecular complexity index is 338. The lowest BCUT2D eigenvalue weighted by atomic mass is 10.2. The summed E-state index contributed by atoms with van der Waals surface area (Å²) in [4.78, 5) is 10.3. The Morgan fingerprint density at radius 1 is 1.50 bits per heavy atom. The van der Waals surface area contributed by atoms with Crippen LogP contribution >= 0.6 is 0 Å². The molecule has 0 heterocycles. The number of nitrogen functional groups attached to an aromatic ring is 1. The monoisotopic (exact) mass is 171 g/mol. The summed E-state index contributed by atoms with van der Waals surface area (Å²) in [6.45, 7) is 0. The Balaban J connectivity index is 3.37. The highest BCUT2D eigenvalue weighted by molar-refractivity contribution is 5.89. The van der Waals surface area contributed by atoms with Crippen LogP contribution in [0.5, 0.6) is 5.75 Å². The Kier molecular flexibility index (Phi) is 1.86. The van der Waals surface area contributed by atoms with E-state index in [-0.39, 0.29) is 5.69 Å². The maximum Gasteiger partial charge on any atom is 0.338 e. The van der Waals surface area contributed by atoms with Crippen molar-refractivity contribution >= 4 is 11.7 Å². The molecule has 0 amide bonds. The first-order chi connectivity index (χ1) is 5.52. The quantitative estimate of drug-likeness (QED) is 0.546. The molecule has 1 rings (SSSR count). The normalized spacial score (nSPS) is 9.75. The molecule has 0 unspecified atom stereocenters. The van der Waals surface area contributed by atoms with Crippen molar-refractivity contribution in [2.45, 2.75) is 0 Å². The SMILES string of the molecule is Nc1cc(O)c(F)c(C(=O)O)c1. The fraction of sp³-hybridized carbons (Fsp3) is 0. The lowest BCUT2D eigenvalue weighted by Gasteiger charge is -2.01. The lowest BCUT2D eigenvalue weighted by molar-refractivity contribution is 0.0691. The molecule has 12 heavy (non-hydrogen) atoms. The molecular weight excluding hydrogens is 165 g/mol. The molecule has 1 aromatic carbocycles. The van der Waals surface area contributed by atoms with Crippen LogP contribution in [-0.4, -0.2) is 16.2 Å². The van der Waals surface area contributed by atoms with Gasteiger partial charge in [-0.1, -0.05) is 0 Å². The van der Waals surface area contributed by atoms with E-state index in [1.807, 2.05) is 0 Å². The molecule has 4 nitrogen and oxygen atoms in total. The highest BCUT2D eigenvalue weighted by atomic mass is 19.1. The highest BCUT2D eigenvalue weighted by Gasteiger charge is 2.14. The van der Waals surface area contributed by atoms with E-state index in [1.54, 1.807) is 0 Å². The number of rotatable bonds is 1. The van der Waals surface area contributed by atoms with E-state index >= 15 is 0 Å². The van der Waals surface area contributed by atoms with Crippen molar-refractivity contribution in [3.8, 4) is 5.75 Å². The number of hydrogen-bond acceptors (Lipinski definition) is 3. The van der Waals surface area contributed by atoms with Crippen LogP contribution in [0.4, 0.5) is 10.1 Å². The number of benzene rings is 1. The fourth-order valence-corrected chi connectivity index (χ4v) is 0.787. The van der Waals surface area contributed by atoms with Gasteiger partial charge in [0.1, 0.15) is 5.56 Å². The molecule has 0 spiro atoms. The third-order valence-corrected chi connectivity index (χ3v) is 1.31. The smallest absolute Gasteiger partial charge is 0.338 e. The van der Waals surface area contributed by atoms with Crippen LogP contribution in [0.25, 0.3) is 0 Å². The van der Waals surface area contributed by atoms with Gasteiger partial charge in [0.15, 0.2) is 11.6 Å². The van der Waals surface area contributed by atoms with Crippen LogP contribution < -0.4 is 5.73 Å². The van der Waals surface area contributed by atoms with Gasteiger partial charge in [-0.05, 0) is 6.07 Å². The number of aromatic hydroxyl groups is 1. The summed E-state index contributed by atoms with van der Waals surface area (Å²) in [7, 11) is 0. The van der Waals surface area contributed by atoms with Crippen LogP contribution in [0.3, 0.4) is 0 Å². The Morgan fingerprint density at radius 3 is 2.58 bits per heavy atom. The Hall–Kier alpha value is -1.78. The van der Waals surface area contributed by atoms with Crippen molar-refractivity contribution < 1.29 is 19.4 Å². The summed E-state index contributed by atoms with van der Waals surface area (Å²) >= 11 is 0. The number of nitrogens with two attached hydrogens (primary N) is 1. The second-order valence-corrected chi connectivity index (χ2v) is 2.21. The summed E-state index contributed by atoms with van der Waals surface area (Å²) in [5.41, 5.74) is 4.55. The van der Waals surface area contributed by atoms with E-state index in [1.165, 1.54) is 0 Å². The average Bonchev–Trinajstić information content (AvgIpc) is 1.96. The maximum atomic E-state index is 12.7. The molecule has 0 aliphatic heterocycles. The zero-order chi connectivity index (χ0) is 9.30. The summed E-state index contributed by atoms with van der Waals surface area (Å²) in [5, 5.41) is 17.2. The van der Waals surface area contributed by atoms with Crippen LogP contribution in [0.2, 0.25) is 0 Å². The van der Waals surface area contributed by atoms with Crippen LogP contribution in [-0.2, 0) is 0 Å². The number of phenolic OH excluding ortho intramolecular Hbond substituents is 1. The van der Waals surface area contributed by atoms with Crippen LogP contribution in [0.15, 0.2) is 12.1 Å². The molecule has 0 atom stereocenters. The molecule has 64 valence electrons. The van der Waals surface area contributed by atoms with Gasteiger partial charge in [-0.3, -0.25) is 0 Å². The van der Waals surface area contributed by atoms with Gasteiger partial charge < -0.3 is 15.9 Å². The van der Waals surface area contributed by atoms with E-state index in [0.717, 1.165) is 12.1 Å². The molecule has 0 aliphatic rings. The summed E-state index contributed by atoms with van der Waals surface area (Å²) in [6, 6.07) is 1.89. The van der Waals surface area contributed by atoms with Crippen LogP contribution in [0, 0.1) is 5.82 Å². The molecule has 0 saturated heterocycles. The summed E-state index contributed by atoms with van der Waals surface area (Å²) in [5.74, 6) is -3.39. The second-order valence-electron chi connectivity index (χ2n) is 2.21. The standard InChI is InChI=1S/C7H6FNO3/c8-6-4(7(11)12)1-3(9)2-5(6)10/h1-2,10H,9H2,(H,11,12). The van der Waals surface area contributed by atoms with Crippen molar-refractivity contribution in [1.82, 2.24) is 0 Å². The molecule has 0 saturated carbocycles. The van der Waals surface area contributed by atoms with Gasteiger partial charge in [0, 0.05) is 11.8 Å². The Morgan fingerprint density at radius 2 is 2.08 bits per heavy atom. The van der Waals surface area contributed by atoms with Gasteiger partial charge in [-0.15, -0.1) is 0 Å². The number of carbonyl (C=O) groups is 1. The van der Waals surface area contributed by atoms with Crippen molar-refractivity contribution in [1.29, 1.82) is 0 Å². The third kappa shape index (κ3) is 1.29. The molecule has 5 heteroatoms. The number of aromatic carboxylic acids is 1. The zero-order valence-corrected chi connectivity index (χ0v) is 5.91. The van der Waals surface area contributed by atoms with Gasteiger partial charge in [0.2, 0.25) is 0 Å². The van der Waals surface area contributed by atoms with E-state index in [4.69, 9.17) is 15.9 Å². The van der Waals surface area contributed by atoms with Gasteiger partial charge in [-0.25, -0.2) is 9.18 Å². The number of anilines is 1. The van der Waals surface area contributed by atoms with Gasteiger partial charge in [0.25, 0.3) is 0 Å². The average molecular weight is 171 g/mol. The van der Waals surface area contributed by atoms with Gasteiger partial charge in [0.05, 0.1) is 0 Å². The Labute approximate surface area is 67.1 Å². The minimum atomic E-state index is -1.46. The summed E-state index contributed by atoms with van der Waals surface area (Å²) < 4.78 is 12.7. The molecule has 0 aromatic heterocycles. The number of carboxylic acids is 1. The van der Waals surface area contributed by atoms with Crippen molar-refractivity contribution in [3.05, 3.63) is 23.5 Å². The predicted molar refractivity (Wildman–Crippen MR) is 39.4 cm³/mol. The van der Waals surface area contributed by atoms with E-state index in [9.17, 15) is 9.18 Å². The number of halogens is 1. The topological polar surface area (TPSA) is 83.5 Å². The molecule has 1 aromatic rings. The van der Waals surface area contributed by atoms with E-state index in [0.29, 0.717) is 0 Å². The summed E-state index contributed by atoms with van der Waals surface area (Å²) in [6.07, 6.45) is 0. The van der Waals surface area contributed by atoms with Crippen molar-refractivity contribution in [2.24, 2.45) is 0 Å². The van der Waals surface area contributed by atoms with Gasteiger partial charge >= 0.3 is 5.97 Å². The first-order valence-electron chi connectivity index (χ1n) is 3.03. The fourth-order valence-electron chi connectivity index (χ4n) is 0.787. The number of phenols is 1. The maximum absolute atomic E-state index is 12.7. The minimum Gasteiger partial charge on any atom is -0.505 e. The lowest BCUT2D eigenvalue weighted by Crippen LogP contribution is -2.02. The first-order valence-corrected chi connectivity index (χ1v) is 3.03. The first kappa shape index (κ1) is 8.32. The van der Waals surface area contributed by atoms with Gasteiger partial charge in [-0.2, -0.15) is 0 Å². The van der Waals surface area contributed by atoms with E-state index in [2.05, 4.69) is 0 Å². The zero-order valence-electron chi connectivity index (χ0n) is 5.91. The highest BCUT2D eigenvalue weighted by Crippen LogP contribution is 2.22. The van der Waals surface area contributed by atoms with Crippen LogP contribution in [0.1, 0.15) is 10.4 Å². The minimum absolute atomic E-state index is 0.00583. The number of carboxylic acid groups (broad SMARTS) is 1. The number of hydrogen-bond donors (Lipinski definition) is 3. The second kappa shape index (κ2) is 2.69. The molecule has 4 N–H and O–H groups in total. The molecule has 0 fully saturated rings. The molecular formula is C7H6FNO3. The third-order valence-electron chi connectivity index (χ3n) is 1.31. The molecule has 0 aliphatic carbocycles. The van der Waals surface area contributed by atoms with Crippen molar-refractivity contribution in [2.75, 3.05) is 5.73 Å².